The number of amides is 2. The number of nitrogens with zero attached hydrogens (tertiary/aromatic N) is 1. The van der Waals surface area contributed by atoms with Crippen LogP contribution in [0.25, 0.3) is 0 Å². The van der Waals surface area contributed by atoms with Crippen LogP contribution in [0.2, 0.25) is 0 Å². The Balaban J connectivity index is 0.00000132. The van der Waals surface area contributed by atoms with Gasteiger partial charge in [-0.2, -0.15) is 0 Å². The van der Waals surface area contributed by atoms with Gasteiger partial charge in [0, 0.05) is 6.04 Å². The zero-order chi connectivity index (χ0) is 14.4. The molecule has 0 radical (unpaired) electrons. The van der Waals surface area contributed by atoms with E-state index in [9.17, 15) is 9.59 Å². The van der Waals surface area contributed by atoms with Gasteiger partial charge in [-0.1, -0.05) is 33.4 Å². The summed E-state index contributed by atoms with van der Waals surface area (Å²) in [5.41, 5.74) is 0.262. The number of hydrogen-bond donors (Lipinski definition) is 0. The molecular formula is C18H27NO2. The molecule has 1 spiro atoms. The van der Waals surface area contributed by atoms with Gasteiger partial charge in [-0.05, 0) is 49.4 Å². The van der Waals surface area contributed by atoms with Gasteiger partial charge in [0.15, 0.2) is 0 Å². The molecule has 5 unspecified atom stereocenters. The van der Waals surface area contributed by atoms with Crippen LogP contribution in [0.3, 0.4) is 0 Å². The molecular weight excluding hydrogens is 262 g/mol. The largest absolute Gasteiger partial charge is 0.280 e. The van der Waals surface area contributed by atoms with Gasteiger partial charge >= 0.3 is 0 Å². The van der Waals surface area contributed by atoms with E-state index >= 15 is 0 Å². The molecule has 2 amide bonds. The zero-order valence-corrected chi connectivity index (χ0v) is 12.7. The molecule has 116 valence electrons. The van der Waals surface area contributed by atoms with Gasteiger partial charge in [0.25, 0.3) is 0 Å². The van der Waals surface area contributed by atoms with Crippen LogP contribution in [-0.4, -0.2) is 22.8 Å². The second kappa shape index (κ2) is 4.21. The van der Waals surface area contributed by atoms with Crippen molar-refractivity contribution >= 4 is 11.8 Å². The zero-order valence-electron chi connectivity index (χ0n) is 12.7. The third kappa shape index (κ3) is 1.45. The van der Waals surface area contributed by atoms with Gasteiger partial charge in [0.05, 0.1) is 11.8 Å². The maximum atomic E-state index is 12.7. The van der Waals surface area contributed by atoms with Crippen LogP contribution in [0.1, 0.15) is 41.5 Å². The Morgan fingerprint density at radius 1 is 1.05 bits per heavy atom. The molecule has 0 aromatic heterocycles. The third-order valence-electron chi connectivity index (χ3n) is 6.40. The number of hydrogen-bond acceptors (Lipinski definition) is 2. The predicted molar refractivity (Wildman–Crippen MR) is 82.2 cm³/mol. The molecule has 1 heterocycles. The van der Waals surface area contributed by atoms with Crippen molar-refractivity contribution < 1.29 is 9.59 Å². The topological polar surface area (TPSA) is 37.4 Å². The summed E-state index contributed by atoms with van der Waals surface area (Å²) in [5.74, 6) is 2.10. The van der Waals surface area contributed by atoms with E-state index in [0.717, 1.165) is 0 Å². The fraction of sp³-hybridized carbons (Fsp3) is 0.778. The number of imide groups is 1. The van der Waals surface area contributed by atoms with Crippen molar-refractivity contribution in [3.63, 3.8) is 0 Å². The summed E-state index contributed by atoms with van der Waals surface area (Å²) in [6.45, 7) is 8.43. The first-order chi connectivity index (χ1) is 9.41. The van der Waals surface area contributed by atoms with Gasteiger partial charge in [-0.15, -0.1) is 0 Å². The summed E-state index contributed by atoms with van der Waals surface area (Å²) in [5, 5.41) is 0. The van der Waals surface area contributed by atoms with Gasteiger partial charge in [0.1, 0.15) is 0 Å². The van der Waals surface area contributed by atoms with Gasteiger partial charge < -0.3 is 0 Å². The first-order valence-electron chi connectivity index (χ1n) is 7.96. The van der Waals surface area contributed by atoms with Crippen LogP contribution in [0.4, 0.5) is 0 Å². The van der Waals surface area contributed by atoms with E-state index in [1.165, 1.54) is 11.3 Å². The van der Waals surface area contributed by atoms with E-state index in [-0.39, 0.29) is 42.5 Å². The molecule has 0 aromatic rings. The highest BCUT2D eigenvalue weighted by atomic mass is 16.2. The predicted octanol–water partition coefficient (Wildman–Crippen LogP) is 3.11. The minimum absolute atomic E-state index is 0. The fourth-order valence-electron chi connectivity index (χ4n) is 5.67. The Labute approximate surface area is 127 Å². The van der Waals surface area contributed by atoms with Gasteiger partial charge in [0.2, 0.25) is 11.8 Å². The Kier molecular flexibility index (Phi) is 2.96. The standard InChI is InChI=1S/C17H23NO2.CH4/c1-8(2)12-7-17(12)10-5-6-11(17)14-13(10)15(19)18(9(3)4)16(14)20;/h5-6,8-14H,7H2,1-4H3;1H4. The molecule has 1 aliphatic heterocycles. The van der Waals surface area contributed by atoms with E-state index in [1.54, 1.807) is 0 Å². The molecule has 2 saturated carbocycles. The van der Waals surface area contributed by atoms with E-state index in [4.69, 9.17) is 0 Å². The summed E-state index contributed by atoms with van der Waals surface area (Å²) >= 11 is 0. The molecule has 3 heteroatoms. The SMILES string of the molecule is C.CC(C)C1CC12C1C=CC2C2C(=O)N(C(C)C)C(=O)C21. The van der Waals surface area contributed by atoms with Crippen molar-refractivity contribution in [1.29, 1.82) is 0 Å². The maximum absolute atomic E-state index is 12.7. The molecule has 0 aromatic carbocycles. The van der Waals surface area contributed by atoms with Crippen molar-refractivity contribution in [2.45, 2.75) is 47.6 Å². The first-order valence-corrected chi connectivity index (χ1v) is 7.96. The van der Waals surface area contributed by atoms with Crippen LogP contribution >= 0.6 is 0 Å². The monoisotopic (exact) mass is 289 g/mol. The van der Waals surface area contributed by atoms with E-state index in [0.29, 0.717) is 23.7 Å². The lowest BCUT2D eigenvalue weighted by molar-refractivity contribution is -0.143. The molecule has 1 saturated heterocycles. The van der Waals surface area contributed by atoms with Crippen molar-refractivity contribution in [2.24, 2.45) is 40.9 Å². The molecule has 5 atom stereocenters. The Bertz CT molecular complexity index is 501. The minimum Gasteiger partial charge on any atom is -0.280 e. The lowest BCUT2D eigenvalue weighted by atomic mass is 9.84. The number of carbonyl (C=O) groups is 2. The number of rotatable bonds is 2. The molecule has 2 bridgehead atoms. The average Bonchev–Trinajstić information content (AvgIpc) is 2.85. The van der Waals surface area contributed by atoms with Crippen LogP contribution < -0.4 is 0 Å². The summed E-state index contributed by atoms with van der Waals surface area (Å²) < 4.78 is 0. The molecule has 3 nitrogen and oxygen atoms in total. The minimum atomic E-state index is -0.0522. The van der Waals surface area contributed by atoms with E-state index < -0.39 is 0 Å². The molecule has 21 heavy (non-hydrogen) atoms. The molecule has 3 fully saturated rings. The van der Waals surface area contributed by atoms with E-state index in [2.05, 4.69) is 26.0 Å². The summed E-state index contributed by atoms with van der Waals surface area (Å²) in [7, 11) is 0. The van der Waals surface area contributed by atoms with Crippen LogP contribution in [-0.2, 0) is 9.59 Å². The highest BCUT2D eigenvalue weighted by Crippen LogP contribution is 2.77. The van der Waals surface area contributed by atoms with Crippen LogP contribution in [0.15, 0.2) is 12.2 Å². The molecule has 0 N–H and O–H groups in total. The van der Waals surface area contributed by atoms with Crippen molar-refractivity contribution in [2.75, 3.05) is 0 Å². The summed E-state index contributed by atoms with van der Waals surface area (Å²) in [4.78, 5) is 26.9. The summed E-state index contributed by atoms with van der Waals surface area (Å²) in [6.07, 6.45) is 5.72. The molecule has 4 rings (SSSR count). The number of likely N-dealkylation sites (tertiary alicyclic amines) is 1. The Morgan fingerprint density at radius 3 is 1.86 bits per heavy atom. The van der Waals surface area contributed by atoms with Crippen LogP contribution in [0.5, 0.6) is 0 Å². The highest BCUT2D eigenvalue weighted by molar-refractivity contribution is 6.07. The van der Waals surface area contributed by atoms with Crippen molar-refractivity contribution in [3.8, 4) is 0 Å². The van der Waals surface area contributed by atoms with Gasteiger partial charge in [-0.25, -0.2) is 0 Å². The van der Waals surface area contributed by atoms with Crippen molar-refractivity contribution in [1.82, 2.24) is 4.90 Å². The van der Waals surface area contributed by atoms with Crippen LogP contribution in [0, 0.1) is 40.9 Å². The highest BCUT2D eigenvalue weighted by Gasteiger charge is 2.77. The van der Waals surface area contributed by atoms with E-state index in [1.807, 2.05) is 13.8 Å². The normalized spacial score (nSPS) is 46.0. The van der Waals surface area contributed by atoms with Crippen molar-refractivity contribution in [3.05, 3.63) is 12.2 Å². The Hall–Kier alpha value is -1.12. The summed E-state index contributed by atoms with van der Waals surface area (Å²) in [6, 6.07) is -0.00366. The third-order valence-corrected chi connectivity index (χ3v) is 6.40. The lowest BCUT2D eigenvalue weighted by Crippen LogP contribution is -2.39. The first kappa shape index (κ1) is 14.8. The fourth-order valence-corrected chi connectivity index (χ4v) is 5.67. The average molecular weight is 289 g/mol. The number of allylic oxidation sites excluding steroid dienone is 2. The number of fused-ring (bicyclic) bond motifs is 3. The smallest absolute Gasteiger partial charge is 0.233 e. The second-order valence-electron chi connectivity index (χ2n) is 7.80. The lowest BCUT2D eigenvalue weighted by Gasteiger charge is -2.26. The molecule has 4 aliphatic rings. The quantitative estimate of drug-likeness (QED) is 0.578. The van der Waals surface area contributed by atoms with Gasteiger partial charge in [-0.3, -0.25) is 14.5 Å². The second-order valence-corrected chi connectivity index (χ2v) is 7.80. The number of carbonyl (C=O) groups excluding carboxylic acids is 2. The molecule has 3 aliphatic carbocycles. The Morgan fingerprint density at radius 2 is 1.52 bits per heavy atom. The maximum Gasteiger partial charge on any atom is 0.233 e.